The SMILES string of the molecule is C=C(CI)CC(C)=N. The Hall–Kier alpha value is 0.140. The fraction of sp³-hybridized carbons (Fsp3) is 0.500. The predicted octanol–water partition coefficient (Wildman–Crippen LogP) is 2.41. The summed E-state index contributed by atoms with van der Waals surface area (Å²) in [6, 6.07) is 0. The normalized spacial score (nSPS) is 8.75. The van der Waals surface area contributed by atoms with Crippen LogP contribution < -0.4 is 0 Å². The number of rotatable bonds is 3. The van der Waals surface area contributed by atoms with E-state index in [2.05, 4.69) is 29.2 Å². The number of halogens is 1. The zero-order valence-corrected chi connectivity index (χ0v) is 7.16. The molecule has 2 heteroatoms. The largest absolute Gasteiger partial charge is 0.310 e. The maximum Gasteiger partial charge on any atom is 0.0206 e. The first-order valence-electron chi connectivity index (χ1n) is 2.43. The van der Waals surface area contributed by atoms with E-state index >= 15 is 0 Å². The topological polar surface area (TPSA) is 23.9 Å². The molecule has 0 heterocycles. The highest BCUT2D eigenvalue weighted by Crippen LogP contribution is 2.02. The molecule has 0 aliphatic rings. The van der Waals surface area contributed by atoms with Crippen molar-refractivity contribution >= 4 is 28.3 Å². The van der Waals surface area contributed by atoms with Gasteiger partial charge in [-0.1, -0.05) is 34.7 Å². The number of hydrogen-bond acceptors (Lipinski definition) is 1. The van der Waals surface area contributed by atoms with Crippen LogP contribution in [0.15, 0.2) is 12.2 Å². The van der Waals surface area contributed by atoms with Crippen LogP contribution in [-0.4, -0.2) is 10.1 Å². The minimum Gasteiger partial charge on any atom is -0.310 e. The Bertz CT molecular complexity index is 107. The highest BCUT2D eigenvalue weighted by atomic mass is 127. The molecule has 0 spiro atoms. The molecule has 0 aliphatic carbocycles. The van der Waals surface area contributed by atoms with Gasteiger partial charge in [-0.15, -0.1) is 0 Å². The summed E-state index contributed by atoms with van der Waals surface area (Å²) in [4.78, 5) is 0. The molecule has 46 valence electrons. The van der Waals surface area contributed by atoms with E-state index in [-0.39, 0.29) is 0 Å². The van der Waals surface area contributed by atoms with Crippen molar-refractivity contribution in [1.82, 2.24) is 0 Å². The van der Waals surface area contributed by atoms with Crippen molar-refractivity contribution in [3.05, 3.63) is 12.2 Å². The van der Waals surface area contributed by atoms with Gasteiger partial charge in [-0.3, -0.25) is 0 Å². The number of nitrogens with one attached hydrogen (secondary N) is 1. The molecule has 8 heavy (non-hydrogen) atoms. The fourth-order valence-electron chi connectivity index (χ4n) is 0.422. The van der Waals surface area contributed by atoms with Crippen molar-refractivity contribution in [3.63, 3.8) is 0 Å². The Morgan fingerprint density at radius 3 is 2.38 bits per heavy atom. The zero-order valence-electron chi connectivity index (χ0n) is 5.00. The van der Waals surface area contributed by atoms with Crippen LogP contribution in [0, 0.1) is 5.41 Å². The molecule has 0 aromatic rings. The molecule has 0 rings (SSSR count). The quantitative estimate of drug-likeness (QED) is 0.329. The Balaban J connectivity index is 3.40. The van der Waals surface area contributed by atoms with Gasteiger partial charge in [-0.25, -0.2) is 0 Å². The highest BCUT2D eigenvalue weighted by molar-refractivity contribution is 14.1. The van der Waals surface area contributed by atoms with Crippen LogP contribution in [-0.2, 0) is 0 Å². The molecular weight excluding hydrogens is 213 g/mol. The van der Waals surface area contributed by atoms with Crippen molar-refractivity contribution in [2.24, 2.45) is 0 Å². The number of alkyl halides is 1. The summed E-state index contributed by atoms with van der Waals surface area (Å²) in [5.41, 5.74) is 1.84. The first kappa shape index (κ1) is 8.14. The van der Waals surface area contributed by atoms with Gasteiger partial charge in [0.1, 0.15) is 0 Å². The third-order valence-electron chi connectivity index (χ3n) is 0.704. The molecule has 0 saturated heterocycles. The molecule has 0 bridgehead atoms. The predicted molar refractivity (Wildman–Crippen MR) is 46.0 cm³/mol. The van der Waals surface area contributed by atoms with Gasteiger partial charge in [0.05, 0.1) is 0 Å². The monoisotopic (exact) mass is 223 g/mol. The van der Waals surface area contributed by atoms with Crippen LogP contribution in [0.4, 0.5) is 0 Å². The second-order valence-electron chi connectivity index (χ2n) is 1.84. The van der Waals surface area contributed by atoms with Gasteiger partial charge >= 0.3 is 0 Å². The molecule has 1 N–H and O–H groups in total. The summed E-state index contributed by atoms with van der Waals surface area (Å²) in [5, 5.41) is 7.06. The summed E-state index contributed by atoms with van der Waals surface area (Å²) < 4.78 is 0.966. The van der Waals surface area contributed by atoms with Crippen LogP contribution in [0.5, 0.6) is 0 Å². The van der Waals surface area contributed by atoms with E-state index in [4.69, 9.17) is 5.41 Å². The van der Waals surface area contributed by atoms with Gasteiger partial charge < -0.3 is 5.41 Å². The summed E-state index contributed by atoms with van der Waals surface area (Å²) in [6.45, 7) is 5.57. The second-order valence-corrected chi connectivity index (χ2v) is 2.60. The van der Waals surface area contributed by atoms with Crippen molar-refractivity contribution in [2.75, 3.05) is 4.43 Å². The maximum atomic E-state index is 7.06. The molecule has 0 saturated carbocycles. The molecule has 1 nitrogen and oxygen atoms in total. The van der Waals surface area contributed by atoms with Crippen LogP contribution in [0.2, 0.25) is 0 Å². The highest BCUT2D eigenvalue weighted by Gasteiger charge is 1.90. The zero-order chi connectivity index (χ0) is 6.57. The van der Waals surface area contributed by atoms with Crippen molar-refractivity contribution in [2.45, 2.75) is 13.3 Å². The van der Waals surface area contributed by atoms with Gasteiger partial charge in [0, 0.05) is 16.6 Å². The van der Waals surface area contributed by atoms with E-state index in [1.165, 1.54) is 0 Å². The lowest BCUT2D eigenvalue weighted by atomic mass is 10.2. The smallest absolute Gasteiger partial charge is 0.0206 e. The van der Waals surface area contributed by atoms with E-state index in [1.54, 1.807) is 6.92 Å². The molecule has 0 aromatic carbocycles. The first-order valence-corrected chi connectivity index (χ1v) is 3.96. The lowest BCUT2D eigenvalue weighted by molar-refractivity contribution is 1.25. The number of hydrogen-bond donors (Lipinski definition) is 1. The molecule has 0 amide bonds. The Labute approximate surface area is 63.8 Å². The minimum atomic E-state index is 0.701. The van der Waals surface area contributed by atoms with Crippen LogP contribution in [0.3, 0.4) is 0 Å². The molecule has 0 radical (unpaired) electrons. The molecule has 0 aromatic heterocycles. The van der Waals surface area contributed by atoms with Crippen molar-refractivity contribution < 1.29 is 0 Å². The van der Waals surface area contributed by atoms with Gasteiger partial charge in [-0.05, 0) is 6.92 Å². The van der Waals surface area contributed by atoms with Crippen molar-refractivity contribution in [1.29, 1.82) is 5.41 Å². The fourth-order valence-corrected chi connectivity index (χ4v) is 0.692. The summed E-state index contributed by atoms with van der Waals surface area (Å²) in [5.74, 6) is 0. The van der Waals surface area contributed by atoms with Crippen molar-refractivity contribution in [3.8, 4) is 0 Å². The first-order chi connectivity index (χ1) is 3.66. The van der Waals surface area contributed by atoms with Crippen LogP contribution in [0.1, 0.15) is 13.3 Å². The molecule has 0 fully saturated rings. The number of allylic oxidation sites excluding steroid dienone is 1. The molecule has 0 aliphatic heterocycles. The van der Waals surface area contributed by atoms with Gasteiger partial charge in [0.2, 0.25) is 0 Å². The average Bonchev–Trinajstić information content (AvgIpc) is 1.65. The van der Waals surface area contributed by atoms with Crippen LogP contribution in [0.25, 0.3) is 0 Å². The van der Waals surface area contributed by atoms with E-state index in [9.17, 15) is 0 Å². The summed E-state index contributed by atoms with van der Waals surface area (Å²) in [6.07, 6.45) is 0.767. The Kier molecular flexibility index (Phi) is 4.13. The van der Waals surface area contributed by atoms with E-state index in [1.807, 2.05) is 0 Å². The summed E-state index contributed by atoms with van der Waals surface area (Å²) in [7, 11) is 0. The molecule has 0 unspecified atom stereocenters. The van der Waals surface area contributed by atoms with Gasteiger partial charge in [-0.2, -0.15) is 0 Å². The third-order valence-corrected chi connectivity index (χ3v) is 1.78. The van der Waals surface area contributed by atoms with E-state index < -0.39 is 0 Å². The van der Waals surface area contributed by atoms with E-state index in [0.29, 0.717) is 5.71 Å². The lowest BCUT2D eigenvalue weighted by Gasteiger charge is -1.95. The van der Waals surface area contributed by atoms with E-state index in [0.717, 1.165) is 16.4 Å². The molecule has 0 atom stereocenters. The second kappa shape index (κ2) is 4.06. The standard InChI is InChI=1S/C6H10IN/c1-5(4-7)3-6(2)8/h8H,1,3-4H2,2H3. The summed E-state index contributed by atoms with van der Waals surface area (Å²) >= 11 is 2.25. The average molecular weight is 223 g/mol. The lowest BCUT2D eigenvalue weighted by Crippen LogP contribution is -1.91. The van der Waals surface area contributed by atoms with Gasteiger partial charge in [0.25, 0.3) is 0 Å². The Morgan fingerprint density at radius 1 is 1.75 bits per heavy atom. The van der Waals surface area contributed by atoms with Crippen LogP contribution >= 0.6 is 22.6 Å². The maximum absolute atomic E-state index is 7.06. The third kappa shape index (κ3) is 4.30. The van der Waals surface area contributed by atoms with Gasteiger partial charge in [0.15, 0.2) is 0 Å². The molecular formula is C6H10IN. The Morgan fingerprint density at radius 2 is 2.25 bits per heavy atom. The minimum absolute atomic E-state index is 0.701.